The van der Waals surface area contributed by atoms with Gasteiger partial charge in [-0.15, -0.1) is 5.10 Å². The Kier molecular flexibility index (Phi) is 5.59. The van der Waals surface area contributed by atoms with Crippen molar-refractivity contribution >= 4 is 27.6 Å². The second-order valence-electron chi connectivity index (χ2n) is 6.42. The van der Waals surface area contributed by atoms with Crippen molar-refractivity contribution in [2.24, 2.45) is 0 Å². The summed E-state index contributed by atoms with van der Waals surface area (Å²) in [6.07, 6.45) is 1.72. The van der Waals surface area contributed by atoms with Crippen LogP contribution in [-0.4, -0.2) is 39.7 Å². The summed E-state index contributed by atoms with van der Waals surface area (Å²) < 4.78 is 29.9. The van der Waals surface area contributed by atoms with Gasteiger partial charge in [-0.3, -0.25) is 10.1 Å². The van der Waals surface area contributed by atoms with Crippen LogP contribution in [0.5, 0.6) is 0 Å². The zero-order chi connectivity index (χ0) is 21.2. The normalized spacial score (nSPS) is 11.6. The average Bonchev–Trinajstić information content (AvgIpc) is 3.16. The number of aromatic nitrogens is 4. The molecule has 2 aromatic heterocycles. The van der Waals surface area contributed by atoms with Crippen LogP contribution in [-0.2, 0) is 14.6 Å². The van der Waals surface area contributed by atoms with E-state index < -0.39 is 15.1 Å². The van der Waals surface area contributed by atoms with Crippen LogP contribution >= 0.6 is 0 Å². The zero-order valence-corrected chi connectivity index (χ0v) is 16.9. The molecule has 3 aromatic rings. The van der Waals surface area contributed by atoms with Crippen LogP contribution in [0.15, 0.2) is 39.8 Å². The van der Waals surface area contributed by atoms with Gasteiger partial charge in [0.2, 0.25) is 5.91 Å². The van der Waals surface area contributed by atoms with E-state index in [2.05, 4.69) is 25.5 Å². The number of rotatable bonds is 6. The summed E-state index contributed by atoms with van der Waals surface area (Å²) in [7, 11) is -3.37. The first-order valence-corrected chi connectivity index (χ1v) is 10.4. The van der Waals surface area contributed by atoms with Gasteiger partial charge in [0.05, 0.1) is 22.0 Å². The molecular formula is C18H20N6O4S. The second kappa shape index (κ2) is 7.95. The molecule has 0 bridgehead atoms. The highest BCUT2D eigenvalue weighted by Gasteiger charge is 2.20. The molecule has 0 aliphatic carbocycles. The van der Waals surface area contributed by atoms with Gasteiger partial charge in [-0.25, -0.2) is 18.4 Å². The first-order valence-electron chi connectivity index (χ1n) is 8.83. The predicted molar refractivity (Wildman–Crippen MR) is 106 cm³/mol. The molecule has 3 rings (SSSR count). The van der Waals surface area contributed by atoms with Crippen molar-refractivity contribution in [2.75, 3.05) is 11.1 Å². The third-order valence-corrected chi connectivity index (χ3v) is 6.27. The third kappa shape index (κ3) is 4.24. The molecule has 0 saturated carbocycles. The SMILES string of the molecule is CCC(=O)Nc1nnc(-c2nc(-c3ccc(S(=O)(=O)C(C)C)cc3)cnc2N)o1. The molecule has 29 heavy (non-hydrogen) atoms. The molecular weight excluding hydrogens is 396 g/mol. The van der Waals surface area contributed by atoms with Gasteiger partial charge in [0.25, 0.3) is 5.89 Å². The Balaban J connectivity index is 1.93. The van der Waals surface area contributed by atoms with E-state index in [0.29, 0.717) is 11.3 Å². The molecule has 1 aromatic carbocycles. The van der Waals surface area contributed by atoms with Gasteiger partial charge in [-0.2, -0.15) is 0 Å². The van der Waals surface area contributed by atoms with E-state index in [0.717, 1.165) is 0 Å². The van der Waals surface area contributed by atoms with E-state index in [1.807, 2.05) is 0 Å². The maximum absolute atomic E-state index is 12.3. The molecule has 0 unspecified atom stereocenters. The number of carbonyl (C=O) groups is 1. The molecule has 152 valence electrons. The van der Waals surface area contributed by atoms with Crippen molar-refractivity contribution in [2.45, 2.75) is 37.3 Å². The Morgan fingerprint density at radius 3 is 2.52 bits per heavy atom. The van der Waals surface area contributed by atoms with Crippen LogP contribution < -0.4 is 11.1 Å². The first-order chi connectivity index (χ1) is 13.7. The topological polar surface area (TPSA) is 154 Å². The number of nitrogens with one attached hydrogen (secondary N) is 1. The summed E-state index contributed by atoms with van der Waals surface area (Å²) in [6.45, 7) is 4.95. The molecule has 0 atom stereocenters. The zero-order valence-electron chi connectivity index (χ0n) is 16.1. The molecule has 11 heteroatoms. The summed E-state index contributed by atoms with van der Waals surface area (Å²) in [6, 6.07) is 6.25. The largest absolute Gasteiger partial charge is 0.401 e. The molecule has 2 heterocycles. The van der Waals surface area contributed by atoms with E-state index >= 15 is 0 Å². The van der Waals surface area contributed by atoms with Crippen molar-refractivity contribution in [3.8, 4) is 22.8 Å². The van der Waals surface area contributed by atoms with Crippen molar-refractivity contribution < 1.29 is 17.6 Å². The van der Waals surface area contributed by atoms with Crippen molar-refractivity contribution in [1.82, 2.24) is 20.2 Å². The third-order valence-electron chi connectivity index (χ3n) is 4.10. The van der Waals surface area contributed by atoms with Crippen LogP contribution in [0.2, 0.25) is 0 Å². The maximum atomic E-state index is 12.3. The smallest absolute Gasteiger partial charge is 0.322 e. The highest BCUT2D eigenvalue weighted by Crippen LogP contribution is 2.27. The molecule has 0 radical (unpaired) electrons. The lowest BCUT2D eigenvalue weighted by molar-refractivity contribution is -0.116. The lowest BCUT2D eigenvalue weighted by Crippen LogP contribution is -2.13. The van der Waals surface area contributed by atoms with E-state index in [4.69, 9.17) is 10.2 Å². The molecule has 3 N–H and O–H groups in total. The molecule has 10 nitrogen and oxygen atoms in total. The van der Waals surface area contributed by atoms with Gasteiger partial charge in [0.1, 0.15) is 0 Å². The van der Waals surface area contributed by atoms with Gasteiger partial charge >= 0.3 is 6.01 Å². The van der Waals surface area contributed by atoms with Gasteiger partial charge in [0, 0.05) is 12.0 Å². The summed E-state index contributed by atoms with van der Waals surface area (Å²) in [5.74, 6) is -0.198. The van der Waals surface area contributed by atoms with Crippen LogP contribution in [0.3, 0.4) is 0 Å². The summed E-state index contributed by atoms with van der Waals surface area (Å²) in [5, 5.41) is 9.52. The van der Waals surface area contributed by atoms with E-state index in [1.54, 1.807) is 32.9 Å². The average molecular weight is 416 g/mol. The maximum Gasteiger partial charge on any atom is 0.322 e. The molecule has 0 spiro atoms. The molecule has 0 saturated heterocycles. The number of nitrogens with zero attached hydrogens (tertiary/aromatic N) is 4. The highest BCUT2D eigenvalue weighted by atomic mass is 32.2. The number of nitrogen functional groups attached to an aromatic ring is 1. The standard InChI is InChI=1S/C18H20N6O4S/c1-4-14(25)22-18-24-23-17(28-18)15-16(19)20-9-13(21-15)11-5-7-12(8-6-11)29(26,27)10(2)3/h5-10H,4H2,1-3H3,(H2,19,20)(H,22,24,25). The fourth-order valence-electron chi connectivity index (χ4n) is 2.36. The van der Waals surface area contributed by atoms with Crippen molar-refractivity contribution in [1.29, 1.82) is 0 Å². The van der Waals surface area contributed by atoms with Crippen LogP contribution in [0.4, 0.5) is 11.8 Å². The highest BCUT2D eigenvalue weighted by molar-refractivity contribution is 7.92. The fraction of sp³-hybridized carbons (Fsp3) is 0.278. The van der Waals surface area contributed by atoms with Gasteiger partial charge < -0.3 is 10.2 Å². The number of nitrogens with two attached hydrogens (primary N) is 1. The summed E-state index contributed by atoms with van der Waals surface area (Å²) in [4.78, 5) is 20.2. The Morgan fingerprint density at radius 1 is 1.21 bits per heavy atom. The Labute approximate surface area is 167 Å². The van der Waals surface area contributed by atoms with E-state index in [9.17, 15) is 13.2 Å². The number of sulfone groups is 1. The minimum atomic E-state index is -3.37. The van der Waals surface area contributed by atoms with E-state index in [-0.39, 0.29) is 40.6 Å². The van der Waals surface area contributed by atoms with Crippen molar-refractivity contribution in [3.05, 3.63) is 30.5 Å². The lowest BCUT2D eigenvalue weighted by Gasteiger charge is -2.09. The molecule has 0 fully saturated rings. The number of carbonyl (C=O) groups excluding carboxylic acids is 1. The number of hydrogen-bond acceptors (Lipinski definition) is 9. The van der Waals surface area contributed by atoms with Crippen LogP contribution in [0, 0.1) is 0 Å². The Hall–Kier alpha value is -3.34. The van der Waals surface area contributed by atoms with E-state index in [1.165, 1.54) is 18.3 Å². The van der Waals surface area contributed by atoms with Gasteiger partial charge in [-0.1, -0.05) is 24.2 Å². The Morgan fingerprint density at radius 2 is 1.90 bits per heavy atom. The number of benzene rings is 1. The van der Waals surface area contributed by atoms with Crippen LogP contribution in [0.25, 0.3) is 22.8 Å². The lowest BCUT2D eigenvalue weighted by atomic mass is 10.1. The van der Waals surface area contributed by atoms with Gasteiger partial charge in [0.15, 0.2) is 21.3 Å². The fourth-order valence-corrected chi connectivity index (χ4v) is 3.42. The monoisotopic (exact) mass is 416 g/mol. The summed E-state index contributed by atoms with van der Waals surface area (Å²) >= 11 is 0. The van der Waals surface area contributed by atoms with Crippen LogP contribution in [0.1, 0.15) is 27.2 Å². The number of anilines is 2. The number of amides is 1. The minimum Gasteiger partial charge on any atom is -0.401 e. The second-order valence-corrected chi connectivity index (χ2v) is 8.93. The quantitative estimate of drug-likeness (QED) is 0.616. The number of hydrogen-bond donors (Lipinski definition) is 2. The molecule has 0 aliphatic heterocycles. The summed E-state index contributed by atoms with van der Waals surface area (Å²) in [5.41, 5.74) is 7.12. The van der Waals surface area contributed by atoms with Gasteiger partial charge in [-0.05, 0) is 26.0 Å². The minimum absolute atomic E-state index is 0.00209. The molecule has 1 amide bonds. The Bertz CT molecular complexity index is 1140. The first kappa shape index (κ1) is 20.4. The predicted octanol–water partition coefficient (Wildman–Crippen LogP) is 2.31. The molecule has 0 aliphatic rings. The van der Waals surface area contributed by atoms with Crippen molar-refractivity contribution in [3.63, 3.8) is 0 Å².